The van der Waals surface area contributed by atoms with Gasteiger partial charge in [-0.2, -0.15) is 5.26 Å². The van der Waals surface area contributed by atoms with Crippen molar-refractivity contribution in [3.05, 3.63) is 0 Å². The van der Waals surface area contributed by atoms with E-state index < -0.39 is 5.54 Å². The quantitative estimate of drug-likeness (QED) is 0.768. The molecule has 1 heterocycles. The second-order valence-electron chi connectivity index (χ2n) is 5.32. The molecule has 3 unspecified atom stereocenters. The Morgan fingerprint density at radius 1 is 1.47 bits per heavy atom. The first-order chi connectivity index (χ1) is 6.94. The molecule has 15 heavy (non-hydrogen) atoms. The van der Waals surface area contributed by atoms with E-state index in [1.165, 1.54) is 6.42 Å². The van der Waals surface area contributed by atoms with Gasteiger partial charge in [0, 0.05) is 13.1 Å². The number of hydrogen-bond acceptors (Lipinski definition) is 3. The van der Waals surface area contributed by atoms with Gasteiger partial charge in [-0.3, -0.25) is 0 Å². The molecule has 3 heteroatoms. The minimum absolute atomic E-state index is 0.660. The van der Waals surface area contributed by atoms with Crippen LogP contribution >= 0.6 is 0 Å². The van der Waals surface area contributed by atoms with Crippen molar-refractivity contribution in [3.63, 3.8) is 0 Å². The molecule has 0 saturated carbocycles. The van der Waals surface area contributed by atoms with E-state index in [9.17, 15) is 0 Å². The molecule has 1 saturated heterocycles. The lowest BCUT2D eigenvalue weighted by Crippen LogP contribution is -2.43. The molecule has 2 N–H and O–H groups in total. The average Bonchev–Trinajstić information content (AvgIpc) is 2.20. The first-order valence-corrected chi connectivity index (χ1v) is 5.87. The average molecular weight is 209 g/mol. The first kappa shape index (κ1) is 12.5. The predicted octanol–water partition coefficient (Wildman–Crippen LogP) is 1.60. The fourth-order valence-electron chi connectivity index (χ4n) is 2.00. The molecule has 1 fully saturated rings. The predicted molar refractivity (Wildman–Crippen MR) is 62.2 cm³/mol. The zero-order valence-electron chi connectivity index (χ0n) is 10.2. The molecule has 0 radical (unpaired) electrons. The lowest BCUT2D eigenvalue weighted by Gasteiger charge is -2.36. The van der Waals surface area contributed by atoms with Crippen molar-refractivity contribution >= 4 is 0 Å². The highest BCUT2D eigenvalue weighted by molar-refractivity contribution is 5.01. The second-order valence-corrected chi connectivity index (χ2v) is 5.32. The minimum Gasteiger partial charge on any atom is -0.314 e. The molecule has 3 atom stereocenters. The Balaban J connectivity index is 2.32. The number of likely N-dealkylation sites (tertiary alicyclic amines) is 1. The highest BCUT2D eigenvalue weighted by atomic mass is 15.1. The van der Waals surface area contributed by atoms with Crippen LogP contribution in [0.4, 0.5) is 0 Å². The normalized spacial score (nSPS) is 31.9. The molecule has 3 nitrogen and oxygen atoms in total. The Bertz CT molecular complexity index is 242. The standard InChI is InChI=1S/C12H23N3/c1-10-4-6-15(8-11(10)2)7-5-12(3,14)9-13/h10-11H,4-8,14H2,1-3H3. The van der Waals surface area contributed by atoms with Crippen molar-refractivity contribution in [2.45, 2.75) is 39.2 Å². The summed E-state index contributed by atoms with van der Waals surface area (Å²) in [6.45, 7) is 9.71. The Kier molecular flexibility index (Phi) is 4.12. The van der Waals surface area contributed by atoms with Crippen LogP contribution in [0.5, 0.6) is 0 Å². The molecule has 1 aliphatic heterocycles. The molecule has 0 aromatic rings. The van der Waals surface area contributed by atoms with Crippen molar-refractivity contribution in [2.24, 2.45) is 17.6 Å². The number of nitrogens with two attached hydrogens (primary N) is 1. The van der Waals surface area contributed by atoms with Crippen LogP contribution in [0.3, 0.4) is 0 Å². The van der Waals surface area contributed by atoms with Gasteiger partial charge < -0.3 is 10.6 Å². The summed E-state index contributed by atoms with van der Waals surface area (Å²) in [5.74, 6) is 1.60. The number of rotatable bonds is 3. The highest BCUT2D eigenvalue weighted by Gasteiger charge is 2.24. The van der Waals surface area contributed by atoms with E-state index in [1.807, 2.05) is 6.92 Å². The zero-order chi connectivity index (χ0) is 11.5. The van der Waals surface area contributed by atoms with Crippen molar-refractivity contribution in [2.75, 3.05) is 19.6 Å². The number of nitrogens with zero attached hydrogens (tertiary/aromatic N) is 2. The van der Waals surface area contributed by atoms with E-state index in [4.69, 9.17) is 11.0 Å². The Labute approximate surface area is 93.2 Å². The maximum absolute atomic E-state index is 8.82. The van der Waals surface area contributed by atoms with E-state index in [1.54, 1.807) is 0 Å². The Morgan fingerprint density at radius 2 is 2.13 bits per heavy atom. The van der Waals surface area contributed by atoms with Crippen molar-refractivity contribution in [1.29, 1.82) is 5.26 Å². The minimum atomic E-state index is -0.660. The molecular weight excluding hydrogens is 186 g/mol. The summed E-state index contributed by atoms with van der Waals surface area (Å²) >= 11 is 0. The molecule has 0 amide bonds. The lowest BCUT2D eigenvalue weighted by molar-refractivity contribution is 0.133. The van der Waals surface area contributed by atoms with Gasteiger partial charge in [0.05, 0.1) is 6.07 Å². The number of nitriles is 1. The van der Waals surface area contributed by atoms with E-state index in [-0.39, 0.29) is 0 Å². The van der Waals surface area contributed by atoms with Gasteiger partial charge in [0.15, 0.2) is 0 Å². The van der Waals surface area contributed by atoms with Gasteiger partial charge in [0.2, 0.25) is 0 Å². The lowest BCUT2D eigenvalue weighted by atomic mass is 9.88. The van der Waals surface area contributed by atoms with E-state index in [0.717, 1.165) is 37.9 Å². The molecule has 0 aromatic carbocycles. The van der Waals surface area contributed by atoms with Gasteiger partial charge in [-0.25, -0.2) is 0 Å². The summed E-state index contributed by atoms with van der Waals surface area (Å²) in [7, 11) is 0. The molecule has 0 aromatic heterocycles. The summed E-state index contributed by atoms with van der Waals surface area (Å²) in [5, 5.41) is 8.82. The third-order valence-corrected chi connectivity index (χ3v) is 3.62. The van der Waals surface area contributed by atoms with Gasteiger partial charge in [-0.1, -0.05) is 13.8 Å². The van der Waals surface area contributed by atoms with Gasteiger partial charge in [0.1, 0.15) is 5.54 Å². The van der Waals surface area contributed by atoms with Gasteiger partial charge >= 0.3 is 0 Å². The second kappa shape index (κ2) is 4.96. The third kappa shape index (κ3) is 3.81. The maximum Gasteiger partial charge on any atom is 0.102 e. The van der Waals surface area contributed by atoms with Crippen LogP contribution in [0.1, 0.15) is 33.6 Å². The molecule has 86 valence electrons. The van der Waals surface area contributed by atoms with Crippen LogP contribution in [0, 0.1) is 23.2 Å². The van der Waals surface area contributed by atoms with E-state index >= 15 is 0 Å². The Morgan fingerprint density at radius 3 is 2.67 bits per heavy atom. The monoisotopic (exact) mass is 209 g/mol. The van der Waals surface area contributed by atoms with E-state index in [0.29, 0.717) is 0 Å². The van der Waals surface area contributed by atoms with Crippen LogP contribution in [0.15, 0.2) is 0 Å². The van der Waals surface area contributed by atoms with Crippen LogP contribution in [0.2, 0.25) is 0 Å². The van der Waals surface area contributed by atoms with Gasteiger partial charge in [0.25, 0.3) is 0 Å². The summed E-state index contributed by atoms with van der Waals surface area (Å²) in [6.07, 6.45) is 2.04. The molecule has 0 bridgehead atoms. The molecule has 1 aliphatic rings. The maximum atomic E-state index is 8.82. The highest BCUT2D eigenvalue weighted by Crippen LogP contribution is 2.22. The molecule has 0 spiro atoms. The topological polar surface area (TPSA) is 53.0 Å². The fourth-order valence-corrected chi connectivity index (χ4v) is 2.00. The Hall–Kier alpha value is -0.590. The fraction of sp³-hybridized carbons (Fsp3) is 0.917. The smallest absolute Gasteiger partial charge is 0.102 e. The van der Waals surface area contributed by atoms with Crippen LogP contribution < -0.4 is 5.73 Å². The SMILES string of the molecule is CC1CCN(CCC(C)(N)C#N)CC1C. The summed E-state index contributed by atoms with van der Waals surface area (Å²) < 4.78 is 0. The van der Waals surface area contributed by atoms with Crippen molar-refractivity contribution < 1.29 is 0 Å². The van der Waals surface area contributed by atoms with Gasteiger partial charge in [-0.05, 0) is 38.1 Å². The van der Waals surface area contributed by atoms with Crippen molar-refractivity contribution in [1.82, 2.24) is 4.90 Å². The largest absolute Gasteiger partial charge is 0.314 e. The molecule has 0 aliphatic carbocycles. The van der Waals surface area contributed by atoms with Crippen LogP contribution in [-0.2, 0) is 0 Å². The summed E-state index contributed by atoms with van der Waals surface area (Å²) in [6, 6.07) is 2.15. The zero-order valence-corrected chi connectivity index (χ0v) is 10.2. The molecule has 1 rings (SSSR count). The number of piperidine rings is 1. The van der Waals surface area contributed by atoms with Crippen LogP contribution in [-0.4, -0.2) is 30.1 Å². The van der Waals surface area contributed by atoms with Gasteiger partial charge in [-0.15, -0.1) is 0 Å². The first-order valence-electron chi connectivity index (χ1n) is 5.87. The summed E-state index contributed by atoms with van der Waals surface area (Å²) in [5.41, 5.74) is 5.15. The van der Waals surface area contributed by atoms with Crippen LogP contribution in [0.25, 0.3) is 0 Å². The summed E-state index contributed by atoms with van der Waals surface area (Å²) in [4.78, 5) is 2.44. The van der Waals surface area contributed by atoms with E-state index in [2.05, 4.69) is 24.8 Å². The third-order valence-electron chi connectivity index (χ3n) is 3.62. The molecular formula is C12H23N3. The number of hydrogen-bond donors (Lipinski definition) is 1. The van der Waals surface area contributed by atoms with Crippen molar-refractivity contribution in [3.8, 4) is 6.07 Å².